The summed E-state index contributed by atoms with van der Waals surface area (Å²) in [5, 5.41) is 12.7. The third-order valence-corrected chi connectivity index (χ3v) is 1.29. The fraction of sp³-hybridized carbons (Fsp3) is 0. The Hall–Kier alpha value is -1.30. The number of aliphatic carboxylic acids is 1. The molecule has 0 saturated heterocycles. The van der Waals surface area contributed by atoms with Crippen molar-refractivity contribution in [1.29, 1.82) is 0 Å². The third-order valence-electron chi connectivity index (χ3n) is 0.787. The summed E-state index contributed by atoms with van der Waals surface area (Å²) < 4.78 is 3.33. The molecule has 52 valence electrons. The van der Waals surface area contributed by atoms with Crippen LogP contribution in [0, 0.1) is 0 Å². The lowest BCUT2D eigenvalue weighted by Crippen LogP contribution is -2.12. The third kappa shape index (κ3) is 1.16. The van der Waals surface area contributed by atoms with E-state index in [1.54, 1.807) is 0 Å². The first-order valence-corrected chi connectivity index (χ1v) is 3.10. The Balaban J connectivity index is 2.88. The van der Waals surface area contributed by atoms with E-state index in [9.17, 15) is 9.59 Å². The van der Waals surface area contributed by atoms with E-state index in [2.05, 4.69) is 9.59 Å². The molecule has 1 aromatic rings. The topological polar surface area (TPSA) is 80.1 Å². The molecule has 0 aromatic carbocycles. The van der Waals surface area contributed by atoms with E-state index in [-0.39, 0.29) is 5.69 Å². The van der Waals surface area contributed by atoms with Gasteiger partial charge in [-0.2, -0.15) is 0 Å². The van der Waals surface area contributed by atoms with E-state index in [0.29, 0.717) is 0 Å². The lowest BCUT2D eigenvalue weighted by atomic mass is 10.3. The monoisotopic (exact) mass is 158 g/mol. The maximum Gasteiger partial charge on any atom is 0.379 e. The number of nitrogens with zero attached hydrogens (tertiary/aromatic N) is 2. The van der Waals surface area contributed by atoms with Crippen LogP contribution in [0.2, 0.25) is 0 Å². The number of hydrogen-bond acceptors (Lipinski definition) is 5. The number of Topliss-reactive ketones (excluding diaryl/α,β-unsaturated/α-hetero) is 1. The van der Waals surface area contributed by atoms with Gasteiger partial charge in [-0.05, 0) is 11.5 Å². The molecule has 0 atom stereocenters. The maximum atomic E-state index is 10.5. The minimum Gasteiger partial charge on any atom is -0.475 e. The molecule has 10 heavy (non-hydrogen) atoms. The second kappa shape index (κ2) is 2.53. The second-order valence-electron chi connectivity index (χ2n) is 1.42. The van der Waals surface area contributed by atoms with E-state index in [0.717, 1.165) is 11.5 Å². The second-order valence-corrected chi connectivity index (χ2v) is 2.03. The van der Waals surface area contributed by atoms with E-state index < -0.39 is 11.8 Å². The highest BCUT2D eigenvalue weighted by Gasteiger charge is 2.16. The van der Waals surface area contributed by atoms with Gasteiger partial charge in [-0.3, -0.25) is 4.79 Å². The van der Waals surface area contributed by atoms with Gasteiger partial charge in [-0.15, -0.1) is 5.10 Å². The molecular formula is C4H2N2O3S. The summed E-state index contributed by atoms with van der Waals surface area (Å²) in [7, 11) is 0. The fourth-order valence-corrected chi connectivity index (χ4v) is 0.809. The van der Waals surface area contributed by atoms with Crippen molar-refractivity contribution in [2.75, 3.05) is 0 Å². The number of carbonyl (C=O) groups is 2. The molecule has 0 aliphatic rings. The predicted octanol–water partition coefficient (Wildman–Crippen LogP) is -0.195. The molecule has 0 aliphatic carbocycles. The average Bonchev–Trinajstić information content (AvgIpc) is 2.36. The minimum absolute atomic E-state index is 0.113. The summed E-state index contributed by atoms with van der Waals surface area (Å²) in [4.78, 5) is 20.5. The van der Waals surface area contributed by atoms with Crippen molar-refractivity contribution in [1.82, 2.24) is 9.59 Å². The maximum absolute atomic E-state index is 10.5. The minimum atomic E-state index is -1.51. The van der Waals surface area contributed by atoms with Crippen molar-refractivity contribution in [2.24, 2.45) is 0 Å². The largest absolute Gasteiger partial charge is 0.475 e. The summed E-state index contributed by atoms with van der Waals surface area (Å²) in [6.07, 6.45) is 0. The number of carboxylic acids is 1. The predicted molar refractivity (Wildman–Crippen MR) is 31.9 cm³/mol. The lowest BCUT2D eigenvalue weighted by Gasteiger charge is -1.82. The van der Waals surface area contributed by atoms with Gasteiger partial charge in [-0.25, -0.2) is 4.79 Å². The fourth-order valence-electron chi connectivity index (χ4n) is 0.373. The van der Waals surface area contributed by atoms with Crippen molar-refractivity contribution in [3.05, 3.63) is 11.1 Å². The number of ketones is 1. The van der Waals surface area contributed by atoms with Crippen LogP contribution in [0.5, 0.6) is 0 Å². The molecule has 6 heteroatoms. The highest BCUT2D eigenvalue weighted by Crippen LogP contribution is 1.97. The SMILES string of the molecule is O=C(O)C(=O)c1csnn1. The van der Waals surface area contributed by atoms with Gasteiger partial charge < -0.3 is 5.11 Å². The van der Waals surface area contributed by atoms with Crippen molar-refractivity contribution >= 4 is 23.3 Å². The Bertz CT molecular complexity index is 255. The molecule has 0 spiro atoms. The van der Waals surface area contributed by atoms with Crippen LogP contribution in [0.3, 0.4) is 0 Å². The van der Waals surface area contributed by atoms with Crippen LogP contribution in [0.1, 0.15) is 10.5 Å². The number of hydrogen-bond donors (Lipinski definition) is 1. The molecule has 0 bridgehead atoms. The molecule has 0 saturated carbocycles. The van der Waals surface area contributed by atoms with Crippen LogP contribution in [-0.4, -0.2) is 26.4 Å². The lowest BCUT2D eigenvalue weighted by molar-refractivity contribution is -0.131. The summed E-state index contributed by atoms with van der Waals surface area (Å²) in [5.41, 5.74) is -0.113. The zero-order valence-corrected chi connectivity index (χ0v) is 5.46. The van der Waals surface area contributed by atoms with Gasteiger partial charge in [0.25, 0.3) is 5.78 Å². The summed E-state index contributed by atoms with van der Waals surface area (Å²) in [5.74, 6) is -2.53. The number of carbonyl (C=O) groups excluding carboxylic acids is 1. The zero-order chi connectivity index (χ0) is 7.56. The normalized spacial score (nSPS) is 9.20. The van der Waals surface area contributed by atoms with Crippen LogP contribution in [0.15, 0.2) is 5.38 Å². The van der Waals surface area contributed by atoms with Gasteiger partial charge in [0.1, 0.15) is 0 Å². The molecular weight excluding hydrogens is 156 g/mol. The molecule has 1 aromatic heterocycles. The molecule has 1 N–H and O–H groups in total. The smallest absolute Gasteiger partial charge is 0.379 e. The summed E-state index contributed by atoms with van der Waals surface area (Å²) in [6.45, 7) is 0. The molecule has 0 unspecified atom stereocenters. The van der Waals surface area contributed by atoms with Crippen LogP contribution in [0.25, 0.3) is 0 Å². The van der Waals surface area contributed by atoms with Crippen molar-refractivity contribution in [3.63, 3.8) is 0 Å². The van der Waals surface area contributed by atoms with E-state index >= 15 is 0 Å². The highest BCUT2D eigenvalue weighted by molar-refractivity contribution is 7.03. The van der Waals surface area contributed by atoms with Gasteiger partial charge in [0.15, 0.2) is 5.69 Å². The van der Waals surface area contributed by atoms with Gasteiger partial charge in [0, 0.05) is 5.38 Å². The molecule has 0 fully saturated rings. The molecule has 0 amide bonds. The Morgan fingerprint density at radius 1 is 1.60 bits per heavy atom. The van der Waals surface area contributed by atoms with Crippen LogP contribution < -0.4 is 0 Å². The van der Waals surface area contributed by atoms with E-state index in [1.807, 2.05) is 0 Å². The van der Waals surface area contributed by atoms with Gasteiger partial charge in [0.05, 0.1) is 0 Å². The first kappa shape index (κ1) is 6.81. The van der Waals surface area contributed by atoms with Gasteiger partial charge in [-0.1, -0.05) is 4.49 Å². The van der Waals surface area contributed by atoms with Crippen molar-refractivity contribution in [3.8, 4) is 0 Å². The molecule has 0 radical (unpaired) electrons. The summed E-state index contributed by atoms with van der Waals surface area (Å²) >= 11 is 0.940. The van der Waals surface area contributed by atoms with Gasteiger partial charge in [0.2, 0.25) is 0 Å². The first-order chi connectivity index (χ1) is 4.72. The van der Waals surface area contributed by atoms with Crippen molar-refractivity contribution in [2.45, 2.75) is 0 Å². The van der Waals surface area contributed by atoms with E-state index in [4.69, 9.17) is 5.11 Å². The molecule has 1 rings (SSSR count). The quantitative estimate of drug-likeness (QED) is 0.476. The van der Waals surface area contributed by atoms with Crippen LogP contribution in [0.4, 0.5) is 0 Å². The summed E-state index contributed by atoms with van der Waals surface area (Å²) in [6, 6.07) is 0. The standard InChI is InChI=1S/C4H2N2O3S/c7-3(4(8)9)2-1-10-6-5-2/h1H,(H,8,9). The molecule has 5 nitrogen and oxygen atoms in total. The van der Waals surface area contributed by atoms with Crippen LogP contribution >= 0.6 is 11.5 Å². The average molecular weight is 158 g/mol. The Morgan fingerprint density at radius 2 is 2.30 bits per heavy atom. The number of carboxylic acid groups (broad SMARTS) is 1. The Labute approximate surface area is 59.5 Å². The number of aromatic nitrogens is 2. The highest BCUT2D eigenvalue weighted by atomic mass is 32.1. The Morgan fingerprint density at radius 3 is 2.70 bits per heavy atom. The zero-order valence-electron chi connectivity index (χ0n) is 4.64. The number of rotatable bonds is 2. The van der Waals surface area contributed by atoms with E-state index in [1.165, 1.54) is 5.38 Å². The molecule has 0 aliphatic heterocycles. The Kier molecular flexibility index (Phi) is 1.72. The van der Waals surface area contributed by atoms with Gasteiger partial charge >= 0.3 is 5.97 Å². The van der Waals surface area contributed by atoms with Crippen molar-refractivity contribution < 1.29 is 14.7 Å². The molecule has 1 heterocycles. The first-order valence-electron chi connectivity index (χ1n) is 2.26. The van der Waals surface area contributed by atoms with Crippen LogP contribution in [-0.2, 0) is 4.79 Å².